The first kappa shape index (κ1) is 14.9. The minimum Gasteiger partial charge on any atom is -0.351 e. The number of hydrogen-bond acceptors (Lipinski definition) is 3. The van der Waals surface area contributed by atoms with Crippen LogP contribution in [-0.4, -0.2) is 30.0 Å². The number of nitrogens with two attached hydrogens (primary N) is 1. The standard InChI is InChI=1S/C15H17FN2OS/c16-14-6-5-11(3-1-7-17)9-13(14)15(19)18-10-12-4-2-8-20-12/h5-6,9,12H,2,4,7-8,10,17H2,(H,18,19). The first-order chi connectivity index (χ1) is 9.70. The van der Waals surface area contributed by atoms with Crippen molar-refractivity contribution in [1.82, 2.24) is 5.32 Å². The van der Waals surface area contributed by atoms with Gasteiger partial charge < -0.3 is 11.1 Å². The lowest BCUT2D eigenvalue weighted by atomic mass is 10.1. The smallest absolute Gasteiger partial charge is 0.254 e. The number of nitrogens with one attached hydrogen (secondary N) is 1. The summed E-state index contributed by atoms with van der Waals surface area (Å²) in [6.07, 6.45) is 2.29. The third kappa shape index (κ3) is 3.99. The molecule has 3 nitrogen and oxygen atoms in total. The molecule has 5 heteroatoms. The molecule has 1 aromatic carbocycles. The number of amides is 1. The van der Waals surface area contributed by atoms with Gasteiger partial charge in [-0.2, -0.15) is 11.8 Å². The Hall–Kier alpha value is -1.51. The zero-order valence-electron chi connectivity index (χ0n) is 11.1. The fourth-order valence-corrected chi connectivity index (χ4v) is 3.24. The van der Waals surface area contributed by atoms with Crippen molar-refractivity contribution in [1.29, 1.82) is 0 Å². The van der Waals surface area contributed by atoms with E-state index >= 15 is 0 Å². The summed E-state index contributed by atoms with van der Waals surface area (Å²) in [5.41, 5.74) is 5.93. The highest BCUT2D eigenvalue weighted by Crippen LogP contribution is 2.25. The summed E-state index contributed by atoms with van der Waals surface area (Å²) in [4.78, 5) is 12.0. The maximum absolute atomic E-state index is 13.7. The van der Waals surface area contributed by atoms with Crippen molar-refractivity contribution in [3.05, 3.63) is 35.1 Å². The van der Waals surface area contributed by atoms with E-state index in [9.17, 15) is 9.18 Å². The Kier molecular flexibility index (Phi) is 5.45. The van der Waals surface area contributed by atoms with Gasteiger partial charge in [-0.1, -0.05) is 11.8 Å². The Morgan fingerprint density at radius 3 is 3.10 bits per heavy atom. The van der Waals surface area contributed by atoms with Crippen LogP contribution in [0.25, 0.3) is 0 Å². The number of rotatable bonds is 3. The summed E-state index contributed by atoms with van der Waals surface area (Å²) in [6, 6.07) is 4.27. The fraction of sp³-hybridized carbons (Fsp3) is 0.400. The number of benzene rings is 1. The topological polar surface area (TPSA) is 55.1 Å². The van der Waals surface area contributed by atoms with Crippen LogP contribution >= 0.6 is 11.8 Å². The quantitative estimate of drug-likeness (QED) is 0.835. The molecule has 1 aliphatic heterocycles. The lowest BCUT2D eigenvalue weighted by Gasteiger charge is -2.10. The SMILES string of the molecule is NCC#Cc1ccc(F)c(C(=O)NCC2CCCS2)c1. The molecule has 0 bridgehead atoms. The molecule has 1 heterocycles. The summed E-state index contributed by atoms with van der Waals surface area (Å²) in [7, 11) is 0. The van der Waals surface area contributed by atoms with Gasteiger partial charge in [-0.3, -0.25) is 4.79 Å². The second-order valence-corrected chi connectivity index (χ2v) is 5.95. The maximum Gasteiger partial charge on any atom is 0.254 e. The van der Waals surface area contributed by atoms with Crippen LogP contribution in [0.4, 0.5) is 4.39 Å². The second kappa shape index (κ2) is 7.32. The van der Waals surface area contributed by atoms with Gasteiger partial charge in [0.25, 0.3) is 5.91 Å². The number of carbonyl (C=O) groups excluding carboxylic acids is 1. The first-order valence-corrected chi connectivity index (χ1v) is 7.64. The van der Waals surface area contributed by atoms with Gasteiger partial charge in [0, 0.05) is 17.4 Å². The lowest BCUT2D eigenvalue weighted by molar-refractivity contribution is 0.0949. The molecular weight excluding hydrogens is 275 g/mol. The van der Waals surface area contributed by atoms with Crippen LogP contribution in [0, 0.1) is 17.7 Å². The highest BCUT2D eigenvalue weighted by molar-refractivity contribution is 8.00. The first-order valence-electron chi connectivity index (χ1n) is 6.59. The molecule has 1 amide bonds. The van der Waals surface area contributed by atoms with Crippen molar-refractivity contribution >= 4 is 17.7 Å². The van der Waals surface area contributed by atoms with E-state index in [-0.39, 0.29) is 18.0 Å². The maximum atomic E-state index is 13.7. The molecule has 3 N–H and O–H groups in total. The van der Waals surface area contributed by atoms with Crippen LogP contribution < -0.4 is 11.1 Å². The van der Waals surface area contributed by atoms with Gasteiger partial charge in [0.05, 0.1) is 12.1 Å². The minimum absolute atomic E-state index is 0.0387. The van der Waals surface area contributed by atoms with E-state index < -0.39 is 5.82 Å². The molecule has 1 atom stereocenters. The van der Waals surface area contributed by atoms with Crippen LogP contribution in [0.5, 0.6) is 0 Å². The van der Waals surface area contributed by atoms with E-state index in [0.717, 1.165) is 12.2 Å². The predicted molar refractivity (Wildman–Crippen MR) is 80.1 cm³/mol. The van der Waals surface area contributed by atoms with E-state index in [1.54, 1.807) is 6.07 Å². The molecule has 0 saturated carbocycles. The molecule has 0 aromatic heterocycles. The summed E-state index contributed by atoms with van der Waals surface area (Å²) in [5.74, 6) is 5.71. The van der Waals surface area contributed by atoms with Gasteiger partial charge in [0.1, 0.15) is 5.82 Å². The normalized spacial score (nSPS) is 17.4. The second-order valence-electron chi connectivity index (χ2n) is 4.55. The molecule has 1 fully saturated rings. The highest BCUT2D eigenvalue weighted by atomic mass is 32.2. The van der Waals surface area contributed by atoms with Crippen molar-refractivity contribution in [2.45, 2.75) is 18.1 Å². The lowest BCUT2D eigenvalue weighted by Crippen LogP contribution is -2.30. The van der Waals surface area contributed by atoms with Crippen molar-refractivity contribution in [2.75, 3.05) is 18.8 Å². The zero-order valence-corrected chi connectivity index (χ0v) is 11.9. The van der Waals surface area contributed by atoms with Crippen LogP contribution in [-0.2, 0) is 0 Å². The molecule has 1 aliphatic rings. The summed E-state index contributed by atoms with van der Waals surface area (Å²) < 4.78 is 13.7. The molecule has 0 aliphatic carbocycles. The summed E-state index contributed by atoms with van der Waals surface area (Å²) in [6.45, 7) is 0.819. The predicted octanol–water partition coefficient (Wildman–Crippen LogP) is 1.76. The van der Waals surface area contributed by atoms with E-state index in [0.29, 0.717) is 17.4 Å². The molecule has 20 heavy (non-hydrogen) atoms. The van der Waals surface area contributed by atoms with E-state index in [1.165, 1.54) is 18.6 Å². The highest BCUT2D eigenvalue weighted by Gasteiger charge is 2.18. The zero-order chi connectivity index (χ0) is 14.4. The molecule has 0 spiro atoms. The van der Waals surface area contributed by atoms with Crippen LogP contribution in [0.1, 0.15) is 28.8 Å². The van der Waals surface area contributed by atoms with E-state index in [2.05, 4.69) is 17.2 Å². The molecule has 1 saturated heterocycles. The Morgan fingerprint density at radius 2 is 2.40 bits per heavy atom. The van der Waals surface area contributed by atoms with Crippen molar-refractivity contribution < 1.29 is 9.18 Å². The molecule has 106 valence electrons. The van der Waals surface area contributed by atoms with Crippen molar-refractivity contribution in [2.24, 2.45) is 5.73 Å². The van der Waals surface area contributed by atoms with E-state index in [1.807, 2.05) is 11.8 Å². The van der Waals surface area contributed by atoms with Gasteiger partial charge in [-0.25, -0.2) is 4.39 Å². The summed E-state index contributed by atoms with van der Waals surface area (Å²) in [5, 5.41) is 3.24. The Morgan fingerprint density at radius 1 is 1.55 bits per heavy atom. The van der Waals surface area contributed by atoms with Crippen LogP contribution in [0.3, 0.4) is 0 Å². The van der Waals surface area contributed by atoms with E-state index in [4.69, 9.17) is 5.73 Å². The van der Waals surface area contributed by atoms with Crippen molar-refractivity contribution in [3.8, 4) is 11.8 Å². The van der Waals surface area contributed by atoms with Gasteiger partial charge in [0.15, 0.2) is 0 Å². The van der Waals surface area contributed by atoms with Crippen LogP contribution in [0.15, 0.2) is 18.2 Å². The Labute approximate surface area is 122 Å². The van der Waals surface area contributed by atoms with Crippen molar-refractivity contribution in [3.63, 3.8) is 0 Å². The molecule has 1 unspecified atom stereocenters. The monoisotopic (exact) mass is 292 g/mol. The van der Waals surface area contributed by atoms with Gasteiger partial charge in [-0.05, 0) is 36.8 Å². The van der Waals surface area contributed by atoms with Gasteiger partial charge in [0.2, 0.25) is 0 Å². The number of thioether (sulfide) groups is 1. The average Bonchev–Trinajstić information content (AvgIpc) is 2.97. The average molecular weight is 292 g/mol. The largest absolute Gasteiger partial charge is 0.351 e. The number of carbonyl (C=O) groups is 1. The Bertz CT molecular complexity index is 545. The summed E-state index contributed by atoms with van der Waals surface area (Å²) >= 11 is 1.85. The molecule has 2 rings (SSSR count). The van der Waals surface area contributed by atoms with Gasteiger partial charge in [-0.15, -0.1) is 0 Å². The molecule has 0 radical (unpaired) electrons. The van der Waals surface area contributed by atoms with Gasteiger partial charge >= 0.3 is 0 Å². The number of hydrogen-bond donors (Lipinski definition) is 2. The third-order valence-corrected chi connectivity index (χ3v) is 4.46. The Balaban J connectivity index is 2.03. The fourth-order valence-electron chi connectivity index (χ4n) is 2.04. The third-order valence-electron chi connectivity index (χ3n) is 3.06. The number of halogens is 1. The minimum atomic E-state index is -0.528. The van der Waals surface area contributed by atoms with Crippen LogP contribution in [0.2, 0.25) is 0 Å². The molecular formula is C15H17FN2OS. The molecule has 1 aromatic rings.